The van der Waals surface area contributed by atoms with Gasteiger partial charge in [-0.3, -0.25) is 0 Å². The van der Waals surface area contributed by atoms with Crippen molar-refractivity contribution in [3.63, 3.8) is 0 Å². The first-order valence-corrected chi connectivity index (χ1v) is 9.67. The molecule has 0 unspecified atom stereocenters. The van der Waals surface area contributed by atoms with Gasteiger partial charge >= 0.3 is 0 Å². The molecule has 0 aliphatic carbocycles. The average molecular weight is 386 g/mol. The quantitative estimate of drug-likeness (QED) is 0.637. The number of hydrogen-bond acceptors (Lipinski definition) is 5. The molecule has 0 fully saturated rings. The van der Waals surface area contributed by atoms with Gasteiger partial charge in [-0.05, 0) is 18.2 Å². The van der Waals surface area contributed by atoms with Crippen LogP contribution in [0.1, 0.15) is 35.4 Å². The first-order chi connectivity index (χ1) is 14.3. The molecule has 0 N–H and O–H groups in total. The van der Waals surface area contributed by atoms with E-state index in [4.69, 9.17) is 19.3 Å². The molecule has 0 spiro atoms. The zero-order valence-corrected chi connectivity index (χ0v) is 16.4. The molecule has 2 heterocycles. The fourth-order valence-electron chi connectivity index (χ4n) is 4.07. The normalized spacial score (nSPS) is 19.7. The van der Waals surface area contributed by atoms with Gasteiger partial charge in [-0.25, -0.2) is 5.01 Å². The lowest BCUT2D eigenvalue weighted by molar-refractivity contribution is -0.0190. The molecule has 0 bridgehead atoms. The SMILES string of the molecule is COc1ccc(C2=NN3[C@@H](C2)c2ccccc2O[C@H]3c2ccccc2)c(OC)c1. The molecule has 0 amide bonds. The second-order valence-corrected chi connectivity index (χ2v) is 7.13. The Kier molecular flexibility index (Phi) is 4.35. The van der Waals surface area contributed by atoms with Crippen molar-refractivity contribution in [3.8, 4) is 17.2 Å². The minimum atomic E-state index is -0.266. The van der Waals surface area contributed by atoms with E-state index < -0.39 is 0 Å². The van der Waals surface area contributed by atoms with Gasteiger partial charge in [-0.15, -0.1) is 0 Å². The summed E-state index contributed by atoms with van der Waals surface area (Å²) < 4.78 is 17.3. The number of methoxy groups -OCH3 is 2. The van der Waals surface area contributed by atoms with Crippen molar-refractivity contribution in [3.05, 3.63) is 89.5 Å². The summed E-state index contributed by atoms with van der Waals surface area (Å²) in [6.07, 6.45) is 0.518. The fraction of sp³-hybridized carbons (Fsp3) is 0.208. The molecule has 5 nitrogen and oxygen atoms in total. The summed E-state index contributed by atoms with van der Waals surface area (Å²) in [7, 11) is 3.33. The van der Waals surface area contributed by atoms with Crippen molar-refractivity contribution >= 4 is 5.71 Å². The lowest BCUT2D eigenvalue weighted by Gasteiger charge is -2.38. The van der Waals surface area contributed by atoms with Crippen LogP contribution in [0.2, 0.25) is 0 Å². The van der Waals surface area contributed by atoms with Crippen LogP contribution in [0.3, 0.4) is 0 Å². The number of benzene rings is 3. The Balaban J connectivity index is 1.59. The summed E-state index contributed by atoms with van der Waals surface area (Å²) in [5.74, 6) is 2.44. The highest BCUT2D eigenvalue weighted by Gasteiger charge is 2.41. The zero-order chi connectivity index (χ0) is 19.8. The van der Waals surface area contributed by atoms with Gasteiger partial charge in [0.05, 0.1) is 26.0 Å². The van der Waals surface area contributed by atoms with Crippen molar-refractivity contribution in [2.45, 2.75) is 18.7 Å². The Morgan fingerprint density at radius 2 is 1.72 bits per heavy atom. The van der Waals surface area contributed by atoms with Crippen LogP contribution in [0.25, 0.3) is 0 Å². The third-order valence-electron chi connectivity index (χ3n) is 5.50. The maximum atomic E-state index is 6.38. The number of hydrogen-bond donors (Lipinski definition) is 0. The molecule has 3 aromatic rings. The summed E-state index contributed by atoms with van der Waals surface area (Å²) in [4.78, 5) is 0. The van der Waals surface area contributed by atoms with Crippen molar-refractivity contribution in [2.75, 3.05) is 14.2 Å². The predicted octanol–water partition coefficient (Wildman–Crippen LogP) is 4.95. The Labute approximate surface area is 170 Å². The summed E-state index contributed by atoms with van der Waals surface area (Å²) in [5.41, 5.74) is 4.20. The van der Waals surface area contributed by atoms with Gasteiger partial charge in [0.15, 0.2) is 0 Å². The Morgan fingerprint density at radius 1 is 0.931 bits per heavy atom. The maximum Gasteiger partial charge on any atom is 0.213 e. The highest BCUT2D eigenvalue weighted by atomic mass is 16.5. The van der Waals surface area contributed by atoms with E-state index in [1.165, 1.54) is 0 Å². The van der Waals surface area contributed by atoms with Gasteiger partial charge in [-0.1, -0.05) is 48.5 Å². The van der Waals surface area contributed by atoms with E-state index in [-0.39, 0.29) is 12.3 Å². The average Bonchev–Trinajstić information content (AvgIpc) is 3.24. The van der Waals surface area contributed by atoms with Gasteiger partial charge in [0.25, 0.3) is 0 Å². The number of nitrogens with zero attached hydrogens (tertiary/aromatic N) is 2. The standard InChI is InChI=1S/C24H22N2O3/c1-27-17-12-13-18(23(14-17)28-2)20-15-21-19-10-6-7-11-22(19)29-24(26(21)25-20)16-8-4-3-5-9-16/h3-14,21,24H,15H2,1-2H3/t21-,24-/m0/s1. The molecular formula is C24H22N2O3. The lowest BCUT2D eigenvalue weighted by Crippen LogP contribution is -2.33. The first kappa shape index (κ1) is 17.6. The molecule has 5 heteroatoms. The van der Waals surface area contributed by atoms with Gasteiger partial charge in [0, 0.05) is 29.2 Å². The molecule has 2 aliphatic heterocycles. The van der Waals surface area contributed by atoms with E-state index >= 15 is 0 Å². The zero-order valence-electron chi connectivity index (χ0n) is 16.4. The third-order valence-corrected chi connectivity index (χ3v) is 5.50. The van der Waals surface area contributed by atoms with Crippen molar-refractivity contribution < 1.29 is 14.2 Å². The van der Waals surface area contributed by atoms with Crippen molar-refractivity contribution in [2.24, 2.45) is 5.10 Å². The molecule has 3 aromatic carbocycles. The molecular weight excluding hydrogens is 364 g/mol. The van der Waals surface area contributed by atoms with E-state index in [0.717, 1.165) is 46.1 Å². The topological polar surface area (TPSA) is 43.3 Å². The number of rotatable bonds is 4. The van der Waals surface area contributed by atoms with Crippen molar-refractivity contribution in [1.82, 2.24) is 5.01 Å². The van der Waals surface area contributed by atoms with E-state index in [2.05, 4.69) is 29.3 Å². The molecule has 0 radical (unpaired) electrons. The second kappa shape index (κ2) is 7.17. The Morgan fingerprint density at radius 3 is 2.52 bits per heavy atom. The van der Waals surface area contributed by atoms with E-state index in [1.54, 1.807) is 14.2 Å². The Bertz CT molecular complexity index is 1060. The van der Waals surface area contributed by atoms with Gasteiger partial charge in [0.1, 0.15) is 17.2 Å². The summed E-state index contributed by atoms with van der Waals surface area (Å²) in [5, 5.41) is 7.09. The minimum Gasteiger partial charge on any atom is -0.497 e. The largest absolute Gasteiger partial charge is 0.497 e. The van der Waals surface area contributed by atoms with Gasteiger partial charge in [-0.2, -0.15) is 5.10 Å². The second-order valence-electron chi connectivity index (χ2n) is 7.13. The predicted molar refractivity (Wildman–Crippen MR) is 112 cm³/mol. The van der Waals surface area contributed by atoms with E-state index in [1.807, 2.05) is 48.5 Å². The van der Waals surface area contributed by atoms with Crippen LogP contribution in [-0.4, -0.2) is 24.9 Å². The number of para-hydroxylation sites is 1. The highest BCUT2D eigenvalue weighted by molar-refractivity contribution is 6.04. The third kappa shape index (κ3) is 2.99. The smallest absolute Gasteiger partial charge is 0.213 e. The summed E-state index contributed by atoms with van der Waals surface area (Å²) in [6, 6.07) is 24.4. The first-order valence-electron chi connectivity index (χ1n) is 9.67. The van der Waals surface area contributed by atoms with E-state index in [9.17, 15) is 0 Å². The van der Waals surface area contributed by atoms with Crippen molar-refractivity contribution in [1.29, 1.82) is 0 Å². The van der Waals surface area contributed by atoms with Crippen LogP contribution in [0, 0.1) is 0 Å². The number of fused-ring (bicyclic) bond motifs is 3. The molecule has 0 saturated carbocycles. The van der Waals surface area contributed by atoms with Gasteiger partial charge < -0.3 is 14.2 Å². The molecule has 0 saturated heterocycles. The molecule has 29 heavy (non-hydrogen) atoms. The molecule has 5 rings (SSSR count). The Hall–Kier alpha value is -3.47. The highest BCUT2D eigenvalue weighted by Crippen LogP contribution is 2.48. The number of hydrazone groups is 1. The van der Waals surface area contributed by atoms with Crippen LogP contribution in [-0.2, 0) is 0 Å². The van der Waals surface area contributed by atoms with Crippen LogP contribution in [0.15, 0.2) is 77.9 Å². The van der Waals surface area contributed by atoms with Gasteiger partial charge in [0.2, 0.25) is 6.23 Å². The van der Waals surface area contributed by atoms with Crippen LogP contribution < -0.4 is 14.2 Å². The summed E-state index contributed by atoms with van der Waals surface area (Å²) >= 11 is 0. The summed E-state index contributed by atoms with van der Waals surface area (Å²) in [6.45, 7) is 0. The van der Waals surface area contributed by atoms with Crippen LogP contribution >= 0.6 is 0 Å². The maximum absolute atomic E-state index is 6.38. The van der Waals surface area contributed by atoms with E-state index in [0.29, 0.717) is 0 Å². The molecule has 146 valence electrons. The fourth-order valence-corrected chi connectivity index (χ4v) is 4.07. The van der Waals surface area contributed by atoms with Crippen LogP contribution in [0.4, 0.5) is 0 Å². The molecule has 2 atom stereocenters. The molecule has 2 aliphatic rings. The minimum absolute atomic E-state index is 0.118. The number of ether oxygens (including phenoxy) is 3. The molecule has 0 aromatic heterocycles. The van der Waals surface area contributed by atoms with Crippen LogP contribution in [0.5, 0.6) is 17.2 Å². The lowest BCUT2D eigenvalue weighted by atomic mass is 9.95. The monoisotopic (exact) mass is 386 g/mol.